The Morgan fingerprint density at radius 2 is 1.86 bits per heavy atom. The highest BCUT2D eigenvalue weighted by Gasteiger charge is 2.24. The third kappa shape index (κ3) is 5.25. The molecular formula is C21H23ClFN3O3. The summed E-state index contributed by atoms with van der Waals surface area (Å²) in [6.45, 7) is 3.91. The highest BCUT2D eigenvalue weighted by molar-refractivity contribution is 6.31. The van der Waals surface area contributed by atoms with Crippen LogP contribution in [-0.4, -0.2) is 61.4 Å². The van der Waals surface area contributed by atoms with Crippen LogP contribution in [0.1, 0.15) is 15.9 Å². The molecule has 0 radical (unpaired) electrons. The number of rotatable bonds is 5. The number of hydrogen-bond acceptors (Lipinski definition) is 4. The van der Waals surface area contributed by atoms with Crippen LogP contribution >= 0.6 is 11.6 Å². The molecule has 1 aliphatic heterocycles. The molecular weight excluding hydrogens is 397 g/mol. The molecule has 0 aliphatic carbocycles. The molecule has 0 bridgehead atoms. The largest absolute Gasteiger partial charge is 0.495 e. The smallest absolute Gasteiger partial charge is 0.254 e. The maximum absolute atomic E-state index is 13.7. The molecule has 0 saturated carbocycles. The lowest BCUT2D eigenvalue weighted by molar-refractivity contribution is -0.117. The maximum atomic E-state index is 13.7. The second-order valence-electron chi connectivity index (χ2n) is 6.93. The van der Waals surface area contributed by atoms with E-state index in [1.54, 1.807) is 42.2 Å². The van der Waals surface area contributed by atoms with E-state index in [0.717, 1.165) is 0 Å². The highest BCUT2D eigenvalue weighted by Crippen LogP contribution is 2.27. The van der Waals surface area contributed by atoms with E-state index in [9.17, 15) is 14.0 Å². The van der Waals surface area contributed by atoms with Crippen molar-refractivity contribution in [3.63, 3.8) is 0 Å². The molecule has 29 heavy (non-hydrogen) atoms. The van der Waals surface area contributed by atoms with E-state index in [0.29, 0.717) is 53.8 Å². The fourth-order valence-corrected chi connectivity index (χ4v) is 3.36. The van der Waals surface area contributed by atoms with Gasteiger partial charge >= 0.3 is 0 Å². The fourth-order valence-electron chi connectivity index (χ4n) is 3.19. The third-order valence-corrected chi connectivity index (χ3v) is 5.12. The Morgan fingerprint density at radius 1 is 1.14 bits per heavy atom. The van der Waals surface area contributed by atoms with Gasteiger partial charge in [-0.25, -0.2) is 4.39 Å². The molecule has 2 aromatic rings. The van der Waals surface area contributed by atoms with Crippen LogP contribution < -0.4 is 10.1 Å². The van der Waals surface area contributed by atoms with Crippen LogP contribution in [0.2, 0.25) is 5.02 Å². The number of nitrogens with zero attached hydrogens (tertiary/aromatic N) is 2. The summed E-state index contributed by atoms with van der Waals surface area (Å²) in [5, 5.41) is 3.31. The molecule has 2 aromatic carbocycles. The van der Waals surface area contributed by atoms with Crippen LogP contribution in [-0.2, 0) is 4.79 Å². The van der Waals surface area contributed by atoms with Gasteiger partial charge in [0.05, 0.1) is 19.3 Å². The molecule has 0 spiro atoms. The van der Waals surface area contributed by atoms with Crippen molar-refractivity contribution in [1.82, 2.24) is 9.80 Å². The van der Waals surface area contributed by atoms with Gasteiger partial charge in [-0.05, 0) is 42.8 Å². The number of methoxy groups -OCH3 is 1. The lowest BCUT2D eigenvalue weighted by Gasteiger charge is -2.34. The molecule has 1 N–H and O–H groups in total. The Morgan fingerprint density at radius 3 is 2.52 bits per heavy atom. The average molecular weight is 420 g/mol. The summed E-state index contributed by atoms with van der Waals surface area (Å²) in [5.41, 5.74) is 1.36. The summed E-state index contributed by atoms with van der Waals surface area (Å²) in [7, 11) is 1.52. The van der Waals surface area contributed by atoms with E-state index in [4.69, 9.17) is 16.3 Å². The second kappa shape index (κ2) is 9.24. The first kappa shape index (κ1) is 21.1. The van der Waals surface area contributed by atoms with Crippen molar-refractivity contribution in [2.75, 3.05) is 45.2 Å². The zero-order chi connectivity index (χ0) is 21.0. The van der Waals surface area contributed by atoms with Gasteiger partial charge < -0.3 is 15.0 Å². The zero-order valence-electron chi connectivity index (χ0n) is 16.4. The molecule has 1 saturated heterocycles. The van der Waals surface area contributed by atoms with Gasteiger partial charge in [-0.15, -0.1) is 0 Å². The number of aryl methyl sites for hydroxylation is 1. The predicted molar refractivity (Wildman–Crippen MR) is 110 cm³/mol. The van der Waals surface area contributed by atoms with E-state index in [2.05, 4.69) is 5.32 Å². The van der Waals surface area contributed by atoms with Gasteiger partial charge in [-0.1, -0.05) is 17.7 Å². The second-order valence-corrected chi connectivity index (χ2v) is 7.36. The molecule has 0 atom stereocenters. The summed E-state index contributed by atoms with van der Waals surface area (Å²) in [4.78, 5) is 28.6. The highest BCUT2D eigenvalue weighted by atomic mass is 35.5. The van der Waals surface area contributed by atoms with Gasteiger partial charge in [0.15, 0.2) is 0 Å². The van der Waals surface area contributed by atoms with Crippen molar-refractivity contribution < 1.29 is 18.7 Å². The molecule has 3 rings (SSSR count). The van der Waals surface area contributed by atoms with Gasteiger partial charge in [-0.3, -0.25) is 14.5 Å². The Hall–Kier alpha value is -2.64. The molecule has 154 valence electrons. The summed E-state index contributed by atoms with van der Waals surface area (Å²) in [5.74, 6) is -0.242. The van der Waals surface area contributed by atoms with E-state index >= 15 is 0 Å². The molecule has 1 fully saturated rings. The molecule has 0 unspecified atom stereocenters. The summed E-state index contributed by atoms with van der Waals surface area (Å²) < 4.78 is 19.0. The molecule has 1 aliphatic rings. The van der Waals surface area contributed by atoms with Crippen LogP contribution in [0.15, 0.2) is 36.4 Å². The summed E-state index contributed by atoms with van der Waals surface area (Å²) in [6.07, 6.45) is 0. The van der Waals surface area contributed by atoms with Crippen molar-refractivity contribution in [3.05, 3.63) is 58.4 Å². The van der Waals surface area contributed by atoms with Crippen molar-refractivity contribution in [1.29, 1.82) is 0 Å². The fraction of sp³-hybridized carbons (Fsp3) is 0.333. The number of anilines is 1. The van der Waals surface area contributed by atoms with E-state index in [1.165, 1.54) is 13.2 Å². The van der Waals surface area contributed by atoms with Crippen molar-refractivity contribution >= 4 is 29.1 Å². The first-order valence-electron chi connectivity index (χ1n) is 9.28. The van der Waals surface area contributed by atoms with Crippen LogP contribution in [0.4, 0.5) is 10.1 Å². The van der Waals surface area contributed by atoms with Gasteiger partial charge in [0.25, 0.3) is 5.91 Å². The average Bonchev–Trinajstić information content (AvgIpc) is 2.70. The quantitative estimate of drug-likeness (QED) is 0.808. The Kier molecular flexibility index (Phi) is 6.71. The van der Waals surface area contributed by atoms with Gasteiger partial charge in [0.1, 0.15) is 11.6 Å². The summed E-state index contributed by atoms with van der Waals surface area (Å²) >= 11 is 5.99. The number of nitrogens with one attached hydrogen (secondary N) is 1. The van der Waals surface area contributed by atoms with Crippen LogP contribution in [0.25, 0.3) is 0 Å². The van der Waals surface area contributed by atoms with E-state index in [-0.39, 0.29) is 24.2 Å². The monoisotopic (exact) mass is 419 g/mol. The van der Waals surface area contributed by atoms with Crippen LogP contribution in [0.5, 0.6) is 5.75 Å². The topological polar surface area (TPSA) is 61.9 Å². The van der Waals surface area contributed by atoms with Gasteiger partial charge in [-0.2, -0.15) is 0 Å². The first-order valence-corrected chi connectivity index (χ1v) is 9.66. The molecule has 8 heteroatoms. The molecule has 0 aromatic heterocycles. The van der Waals surface area contributed by atoms with Crippen LogP contribution in [0, 0.1) is 12.7 Å². The zero-order valence-corrected chi connectivity index (χ0v) is 17.1. The summed E-state index contributed by atoms with van der Waals surface area (Å²) in [6, 6.07) is 9.53. The van der Waals surface area contributed by atoms with E-state index < -0.39 is 0 Å². The molecule has 2 amide bonds. The van der Waals surface area contributed by atoms with Gasteiger partial charge in [0, 0.05) is 36.8 Å². The number of piperazine rings is 1. The number of halogens is 2. The van der Waals surface area contributed by atoms with Crippen molar-refractivity contribution in [2.45, 2.75) is 6.92 Å². The number of ether oxygens (including phenoxy) is 1. The Labute approximate surface area is 174 Å². The normalized spacial score (nSPS) is 14.6. The molecule has 1 heterocycles. The number of amides is 2. The lowest BCUT2D eigenvalue weighted by Crippen LogP contribution is -2.50. The van der Waals surface area contributed by atoms with Crippen LogP contribution in [0.3, 0.4) is 0 Å². The lowest BCUT2D eigenvalue weighted by atomic mass is 10.1. The van der Waals surface area contributed by atoms with Crippen molar-refractivity contribution in [3.8, 4) is 5.75 Å². The minimum Gasteiger partial charge on any atom is -0.495 e. The SMILES string of the molecule is COc1ccc(Cl)cc1NC(=O)CN1CCN(C(=O)c2ccc(C)c(F)c2)CC1. The molecule has 6 nitrogen and oxygen atoms in total. The minimum absolute atomic E-state index is 0.189. The van der Waals surface area contributed by atoms with Crippen molar-refractivity contribution in [2.24, 2.45) is 0 Å². The Balaban J connectivity index is 1.53. The Bertz CT molecular complexity index is 914. The predicted octanol–water partition coefficient (Wildman–Crippen LogP) is 3.19. The number of benzene rings is 2. The third-order valence-electron chi connectivity index (χ3n) is 4.88. The maximum Gasteiger partial charge on any atom is 0.254 e. The van der Waals surface area contributed by atoms with E-state index in [1.807, 2.05) is 4.90 Å². The number of carbonyl (C=O) groups excluding carboxylic acids is 2. The number of carbonyl (C=O) groups is 2. The number of hydrogen-bond donors (Lipinski definition) is 1. The minimum atomic E-state index is -0.386. The van der Waals surface area contributed by atoms with Gasteiger partial charge in [0.2, 0.25) is 5.91 Å². The first-order chi connectivity index (χ1) is 13.9. The standard InChI is InChI=1S/C21H23ClFN3O3/c1-14-3-4-15(11-17(14)23)21(28)26-9-7-25(8-10-26)13-20(27)24-18-12-16(22)5-6-19(18)29-2/h3-6,11-12H,7-10,13H2,1-2H3,(H,24,27).